The summed E-state index contributed by atoms with van der Waals surface area (Å²) in [5, 5.41) is 14.7. The lowest BCUT2D eigenvalue weighted by Crippen LogP contribution is -2.23. The summed E-state index contributed by atoms with van der Waals surface area (Å²) in [6.45, 7) is 3.95. The zero-order chi connectivity index (χ0) is 16.2. The highest BCUT2D eigenvalue weighted by atomic mass is 35.5. The number of hydrogen-bond donors (Lipinski definition) is 2. The number of rotatable bonds is 6. The Morgan fingerprint density at radius 2 is 1.87 bits per heavy atom. The van der Waals surface area contributed by atoms with E-state index < -0.39 is 0 Å². The molecule has 2 N–H and O–H groups in total. The van der Waals surface area contributed by atoms with Crippen molar-refractivity contribution in [3.8, 4) is 0 Å². The van der Waals surface area contributed by atoms with Crippen molar-refractivity contribution >= 4 is 22.5 Å². The first-order chi connectivity index (χ1) is 11.1. The number of aromatic nitrogens is 1. The molecule has 0 bridgehead atoms. The minimum absolute atomic E-state index is 0.336. The number of nitrogens with zero attached hydrogens (tertiary/aromatic N) is 1. The van der Waals surface area contributed by atoms with Crippen molar-refractivity contribution in [2.45, 2.75) is 26.1 Å². The molecule has 3 nitrogen and oxygen atoms in total. The monoisotopic (exact) mass is 328 g/mol. The van der Waals surface area contributed by atoms with Crippen molar-refractivity contribution in [2.24, 2.45) is 0 Å². The molecule has 0 radical (unpaired) electrons. The molecule has 0 fully saturated rings. The van der Waals surface area contributed by atoms with Gasteiger partial charge in [0.25, 0.3) is 0 Å². The normalized spacial score (nSPS) is 12.7. The minimum atomic E-state index is -0.336. The van der Waals surface area contributed by atoms with E-state index in [0.29, 0.717) is 6.54 Å². The highest BCUT2D eigenvalue weighted by Gasteiger charge is 2.08. The lowest BCUT2D eigenvalue weighted by molar-refractivity contribution is 0.191. The first kappa shape index (κ1) is 16.1. The zero-order valence-electron chi connectivity index (χ0n) is 13.2. The molecule has 1 atom stereocenters. The minimum Gasteiger partial charge on any atom is -0.392 e. The average Bonchev–Trinajstić information content (AvgIpc) is 2.88. The predicted molar refractivity (Wildman–Crippen MR) is 95.9 cm³/mol. The number of benzene rings is 2. The van der Waals surface area contributed by atoms with E-state index >= 15 is 0 Å². The van der Waals surface area contributed by atoms with Gasteiger partial charge in [0, 0.05) is 41.8 Å². The molecule has 0 aliphatic heterocycles. The van der Waals surface area contributed by atoms with E-state index in [-0.39, 0.29) is 6.10 Å². The topological polar surface area (TPSA) is 37.2 Å². The van der Waals surface area contributed by atoms with Crippen molar-refractivity contribution in [2.75, 3.05) is 6.54 Å². The van der Waals surface area contributed by atoms with E-state index in [9.17, 15) is 5.11 Å². The molecular weight excluding hydrogens is 308 g/mol. The van der Waals surface area contributed by atoms with E-state index in [0.717, 1.165) is 18.1 Å². The third-order valence-electron chi connectivity index (χ3n) is 3.89. The maximum absolute atomic E-state index is 9.39. The number of fused-ring (bicyclic) bond motifs is 1. The van der Waals surface area contributed by atoms with Crippen LogP contribution < -0.4 is 5.32 Å². The Morgan fingerprint density at radius 1 is 1.13 bits per heavy atom. The summed E-state index contributed by atoms with van der Waals surface area (Å²) >= 11 is 5.96. The molecule has 120 valence electrons. The summed E-state index contributed by atoms with van der Waals surface area (Å²) in [6, 6.07) is 16.4. The summed E-state index contributed by atoms with van der Waals surface area (Å²) in [6.07, 6.45) is 1.85. The van der Waals surface area contributed by atoms with E-state index in [2.05, 4.69) is 52.5 Å². The van der Waals surface area contributed by atoms with Gasteiger partial charge in [0.15, 0.2) is 0 Å². The fraction of sp³-hybridized carbons (Fsp3) is 0.263. The molecule has 1 aromatic heterocycles. The van der Waals surface area contributed by atoms with Crippen LogP contribution in [0.2, 0.25) is 5.02 Å². The summed E-state index contributed by atoms with van der Waals surface area (Å²) in [7, 11) is 0. The number of halogens is 1. The fourth-order valence-corrected chi connectivity index (χ4v) is 2.92. The Kier molecular flexibility index (Phi) is 5.01. The Bertz CT molecular complexity index is 778. The van der Waals surface area contributed by atoms with Gasteiger partial charge in [-0.15, -0.1) is 0 Å². The fourth-order valence-electron chi connectivity index (χ4n) is 2.80. The molecule has 3 aromatic rings. The number of para-hydroxylation sites is 1. The molecule has 4 heteroatoms. The summed E-state index contributed by atoms with van der Waals surface area (Å²) in [5.74, 6) is 0. The molecular formula is C19H21ClN2O. The molecule has 0 saturated carbocycles. The molecule has 1 heterocycles. The van der Waals surface area contributed by atoms with E-state index in [1.165, 1.54) is 22.0 Å². The van der Waals surface area contributed by atoms with Crippen molar-refractivity contribution in [3.05, 3.63) is 70.9 Å². The van der Waals surface area contributed by atoms with Gasteiger partial charge in [-0.25, -0.2) is 0 Å². The second-order valence-electron chi connectivity index (χ2n) is 5.91. The molecule has 0 aliphatic rings. The number of aliphatic hydroxyl groups is 1. The van der Waals surface area contributed by atoms with Crippen molar-refractivity contribution < 1.29 is 5.11 Å². The number of hydrogen-bond acceptors (Lipinski definition) is 2. The zero-order valence-corrected chi connectivity index (χ0v) is 13.9. The molecule has 0 unspecified atom stereocenters. The van der Waals surface area contributed by atoms with Crippen LogP contribution in [0.25, 0.3) is 10.9 Å². The SMILES string of the molecule is C[C@H](O)CNCc1cn(Cc2ccc(Cl)cc2)c2ccccc12. The van der Waals surface area contributed by atoms with Crippen LogP contribution in [0, 0.1) is 0 Å². The van der Waals surface area contributed by atoms with E-state index in [1.807, 2.05) is 12.1 Å². The molecule has 0 spiro atoms. The largest absolute Gasteiger partial charge is 0.392 e. The Labute approximate surface area is 141 Å². The summed E-state index contributed by atoms with van der Waals surface area (Å²) < 4.78 is 2.26. The quantitative estimate of drug-likeness (QED) is 0.722. The molecule has 3 rings (SSSR count). The van der Waals surface area contributed by atoms with Crippen LogP contribution in [0.4, 0.5) is 0 Å². The summed E-state index contributed by atoms with van der Waals surface area (Å²) in [4.78, 5) is 0. The second-order valence-corrected chi connectivity index (χ2v) is 6.34. The highest BCUT2D eigenvalue weighted by molar-refractivity contribution is 6.30. The van der Waals surface area contributed by atoms with Gasteiger partial charge >= 0.3 is 0 Å². The van der Waals surface area contributed by atoms with E-state index in [4.69, 9.17) is 11.6 Å². The third-order valence-corrected chi connectivity index (χ3v) is 4.14. The predicted octanol–water partition coefficient (Wildman–Crippen LogP) is 3.81. The van der Waals surface area contributed by atoms with Gasteiger partial charge in [0.2, 0.25) is 0 Å². The van der Waals surface area contributed by atoms with Gasteiger partial charge in [0.1, 0.15) is 0 Å². The molecule has 23 heavy (non-hydrogen) atoms. The van der Waals surface area contributed by atoms with Crippen LogP contribution >= 0.6 is 11.6 Å². The van der Waals surface area contributed by atoms with Crippen molar-refractivity contribution in [1.29, 1.82) is 0 Å². The maximum Gasteiger partial charge on any atom is 0.0636 e. The molecule has 0 amide bonds. The molecule has 0 aliphatic carbocycles. The van der Waals surface area contributed by atoms with Gasteiger partial charge in [-0.3, -0.25) is 0 Å². The highest BCUT2D eigenvalue weighted by Crippen LogP contribution is 2.22. The third kappa shape index (κ3) is 3.94. The first-order valence-electron chi connectivity index (χ1n) is 7.83. The van der Waals surface area contributed by atoms with Crippen LogP contribution in [0.15, 0.2) is 54.7 Å². The van der Waals surface area contributed by atoms with Gasteiger partial charge in [-0.2, -0.15) is 0 Å². The summed E-state index contributed by atoms with van der Waals surface area (Å²) in [5.41, 5.74) is 3.69. The first-order valence-corrected chi connectivity index (χ1v) is 8.21. The van der Waals surface area contributed by atoms with Gasteiger partial charge in [-0.1, -0.05) is 41.9 Å². The van der Waals surface area contributed by atoms with Crippen LogP contribution in [0.1, 0.15) is 18.1 Å². The van der Waals surface area contributed by atoms with Crippen LogP contribution in [0.5, 0.6) is 0 Å². The maximum atomic E-state index is 9.39. The van der Waals surface area contributed by atoms with Gasteiger partial charge in [0.05, 0.1) is 6.10 Å². The van der Waals surface area contributed by atoms with Crippen molar-refractivity contribution in [1.82, 2.24) is 9.88 Å². The smallest absolute Gasteiger partial charge is 0.0636 e. The number of aliphatic hydroxyl groups excluding tert-OH is 1. The lowest BCUT2D eigenvalue weighted by Gasteiger charge is -2.06. The van der Waals surface area contributed by atoms with Crippen molar-refractivity contribution in [3.63, 3.8) is 0 Å². The standard InChI is InChI=1S/C19H21ClN2O/c1-14(23)10-21-11-16-13-22(19-5-3-2-4-18(16)19)12-15-6-8-17(20)9-7-15/h2-9,13-14,21,23H,10-12H2,1H3/t14-/m0/s1. The van der Waals surface area contributed by atoms with Crippen LogP contribution in [-0.2, 0) is 13.1 Å². The lowest BCUT2D eigenvalue weighted by atomic mass is 10.2. The van der Waals surface area contributed by atoms with Crippen LogP contribution in [0.3, 0.4) is 0 Å². The molecule has 0 saturated heterocycles. The average molecular weight is 329 g/mol. The van der Waals surface area contributed by atoms with E-state index in [1.54, 1.807) is 6.92 Å². The van der Waals surface area contributed by atoms with Crippen LogP contribution in [-0.4, -0.2) is 22.3 Å². The Morgan fingerprint density at radius 3 is 2.61 bits per heavy atom. The molecule has 2 aromatic carbocycles. The van der Waals surface area contributed by atoms with Gasteiger partial charge in [-0.05, 0) is 36.2 Å². The number of nitrogens with one attached hydrogen (secondary N) is 1. The second kappa shape index (κ2) is 7.18. The Hall–Kier alpha value is -1.81. The van der Waals surface area contributed by atoms with Gasteiger partial charge < -0.3 is 15.0 Å². The Balaban J connectivity index is 1.86.